The van der Waals surface area contributed by atoms with Crippen LogP contribution in [0.15, 0.2) is 38.6 Å². The van der Waals surface area contributed by atoms with Crippen LogP contribution in [0.3, 0.4) is 0 Å². The Morgan fingerprint density at radius 1 is 1.26 bits per heavy atom. The monoisotopic (exact) mass is 334 g/mol. The lowest BCUT2D eigenvalue weighted by atomic mass is 10.2. The predicted octanol–water partition coefficient (Wildman–Crippen LogP) is 2.13. The highest BCUT2D eigenvalue weighted by Gasteiger charge is 2.11. The van der Waals surface area contributed by atoms with E-state index in [4.69, 9.17) is 4.42 Å². The van der Waals surface area contributed by atoms with Gasteiger partial charge in [0, 0.05) is 32.2 Å². The zero-order chi connectivity index (χ0) is 16.5. The number of hydrogen-bond donors (Lipinski definition) is 3. The molecule has 3 N–H and O–H groups in total. The summed E-state index contributed by atoms with van der Waals surface area (Å²) in [5.74, 6) is 0.961. The Balaban J connectivity index is 1.60. The molecule has 2 rings (SSSR count). The first-order valence-corrected chi connectivity index (χ1v) is 8.43. The van der Waals surface area contributed by atoms with Crippen molar-refractivity contribution < 1.29 is 9.21 Å². The maximum Gasteiger partial charge on any atom is 0.287 e. The van der Waals surface area contributed by atoms with E-state index in [0.717, 1.165) is 31.0 Å². The van der Waals surface area contributed by atoms with Gasteiger partial charge in [0.05, 0.1) is 6.26 Å². The predicted molar refractivity (Wildman–Crippen MR) is 92.9 cm³/mol. The molecule has 23 heavy (non-hydrogen) atoms. The molecule has 2 aromatic rings. The lowest BCUT2D eigenvalue weighted by Gasteiger charge is -2.11. The van der Waals surface area contributed by atoms with Crippen molar-refractivity contribution in [3.63, 3.8) is 0 Å². The zero-order valence-corrected chi connectivity index (χ0v) is 14.2. The molecule has 0 radical (unpaired) electrons. The molecule has 0 aliphatic carbocycles. The number of carbonyl (C=O) groups is 1. The molecule has 0 unspecified atom stereocenters. The molecule has 0 saturated carbocycles. The number of nitrogens with one attached hydrogen (secondary N) is 3. The Morgan fingerprint density at radius 3 is 2.74 bits per heavy atom. The van der Waals surface area contributed by atoms with E-state index < -0.39 is 0 Å². The normalized spacial score (nSPS) is 11.3. The Kier molecular flexibility index (Phi) is 6.68. The third kappa shape index (κ3) is 5.45. The van der Waals surface area contributed by atoms with Crippen LogP contribution in [-0.2, 0) is 6.54 Å². The summed E-state index contributed by atoms with van der Waals surface area (Å²) in [6.45, 7) is 3.90. The molecule has 0 spiro atoms. The highest BCUT2D eigenvalue weighted by atomic mass is 32.1. The number of aliphatic imine (C=N–C) groups is 1. The van der Waals surface area contributed by atoms with Gasteiger partial charge in [-0.05, 0) is 41.8 Å². The van der Waals surface area contributed by atoms with Gasteiger partial charge in [-0.25, -0.2) is 0 Å². The second-order valence-electron chi connectivity index (χ2n) is 5.03. The number of thiophene rings is 1. The van der Waals surface area contributed by atoms with Crippen molar-refractivity contribution in [1.29, 1.82) is 0 Å². The lowest BCUT2D eigenvalue weighted by Crippen LogP contribution is -2.38. The van der Waals surface area contributed by atoms with E-state index in [9.17, 15) is 4.79 Å². The van der Waals surface area contributed by atoms with Crippen molar-refractivity contribution in [2.24, 2.45) is 4.99 Å². The van der Waals surface area contributed by atoms with Gasteiger partial charge in [-0.3, -0.25) is 9.79 Å². The maximum atomic E-state index is 11.9. The van der Waals surface area contributed by atoms with E-state index in [1.54, 1.807) is 24.5 Å². The SMILES string of the molecule is CN=C(NCCCNC(=O)c1occc1C)NCc1ccsc1. The summed E-state index contributed by atoms with van der Waals surface area (Å²) in [5.41, 5.74) is 2.08. The van der Waals surface area contributed by atoms with Gasteiger partial charge in [-0.15, -0.1) is 0 Å². The minimum atomic E-state index is -0.174. The second kappa shape index (κ2) is 8.99. The number of carbonyl (C=O) groups excluding carboxylic acids is 1. The molecule has 0 aromatic carbocycles. The van der Waals surface area contributed by atoms with E-state index in [0.29, 0.717) is 12.3 Å². The van der Waals surface area contributed by atoms with Gasteiger partial charge in [0.1, 0.15) is 0 Å². The van der Waals surface area contributed by atoms with E-state index in [2.05, 4.69) is 37.8 Å². The van der Waals surface area contributed by atoms with Crippen LogP contribution in [0.1, 0.15) is 28.1 Å². The topological polar surface area (TPSA) is 78.7 Å². The molecule has 1 amide bonds. The third-order valence-corrected chi connectivity index (χ3v) is 4.00. The van der Waals surface area contributed by atoms with Crippen LogP contribution in [0.2, 0.25) is 0 Å². The third-order valence-electron chi connectivity index (χ3n) is 3.26. The zero-order valence-electron chi connectivity index (χ0n) is 13.4. The maximum absolute atomic E-state index is 11.9. The van der Waals surface area contributed by atoms with Crippen molar-refractivity contribution in [1.82, 2.24) is 16.0 Å². The van der Waals surface area contributed by atoms with Gasteiger partial charge in [-0.2, -0.15) is 11.3 Å². The number of aryl methyl sites for hydroxylation is 1. The number of rotatable bonds is 7. The first-order valence-electron chi connectivity index (χ1n) is 7.48. The van der Waals surface area contributed by atoms with Crippen molar-refractivity contribution in [2.45, 2.75) is 19.9 Å². The van der Waals surface area contributed by atoms with Gasteiger partial charge in [-0.1, -0.05) is 0 Å². The van der Waals surface area contributed by atoms with Crippen molar-refractivity contribution >= 4 is 23.2 Å². The summed E-state index contributed by atoms with van der Waals surface area (Å²) >= 11 is 1.68. The molecule has 0 aliphatic heterocycles. The first-order chi connectivity index (χ1) is 11.2. The summed E-state index contributed by atoms with van der Waals surface area (Å²) in [7, 11) is 1.74. The molecular formula is C16H22N4O2S. The van der Waals surface area contributed by atoms with Crippen LogP contribution in [0.4, 0.5) is 0 Å². The fraction of sp³-hybridized carbons (Fsp3) is 0.375. The number of guanidine groups is 1. The Labute approximate surface area is 140 Å². The largest absolute Gasteiger partial charge is 0.459 e. The molecule has 124 valence electrons. The van der Waals surface area contributed by atoms with Crippen LogP contribution in [-0.4, -0.2) is 32.0 Å². The summed E-state index contributed by atoms with van der Waals surface area (Å²) in [6.07, 6.45) is 2.32. The molecule has 0 atom stereocenters. The van der Waals surface area contributed by atoms with E-state index in [1.807, 2.05) is 6.92 Å². The minimum absolute atomic E-state index is 0.174. The summed E-state index contributed by atoms with van der Waals surface area (Å²) in [4.78, 5) is 16.0. The van der Waals surface area contributed by atoms with Gasteiger partial charge in [0.15, 0.2) is 11.7 Å². The van der Waals surface area contributed by atoms with Gasteiger partial charge < -0.3 is 20.4 Å². The minimum Gasteiger partial charge on any atom is -0.459 e. The molecule has 2 heterocycles. The van der Waals surface area contributed by atoms with Gasteiger partial charge in [0.25, 0.3) is 5.91 Å². The van der Waals surface area contributed by atoms with E-state index in [1.165, 1.54) is 11.8 Å². The fourth-order valence-corrected chi connectivity index (χ4v) is 2.65. The summed E-state index contributed by atoms with van der Waals surface area (Å²) in [5, 5.41) is 13.5. The summed E-state index contributed by atoms with van der Waals surface area (Å²) < 4.78 is 5.15. The highest BCUT2D eigenvalue weighted by Crippen LogP contribution is 2.07. The number of furan rings is 1. The summed E-state index contributed by atoms with van der Waals surface area (Å²) in [6, 6.07) is 3.86. The average molecular weight is 334 g/mol. The van der Waals surface area contributed by atoms with Crippen LogP contribution >= 0.6 is 11.3 Å². The lowest BCUT2D eigenvalue weighted by molar-refractivity contribution is 0.0925. The Bertz CT molecular complexity index is 634. The van der Waals surface area contributed by atoms with Crippen LogP contribution in [0.25, 0.3) is 0 Å². The number of hydrogen-bond acceptors (Lipinski definition) is 4. The molecule has 0 aliphatic rings. The van der Waals surface area contributed by atoms with Crippen molar-refractivity contribution in [2.75, 3.05) is 20.1 Å². The number of nitrogens with zero attached hydrogens (tertiary/aromatic N) is 1. The smallest absolute Gasteiger partial charge is 0.287 e. The Morgan fingerprint density at radius 2 is 2.09 bits per heavy atom. The van der Waals surface area contributed by atoms with Gasteiger partial charge in [0.2, 0.25) is 0 Å². The Hall–Kier alpha value is -2.28. The molecule has 0 saturated heterocycles. The standard InChI is InChI=1S/C16H22N4O2S/c1-12-4-8-22-14(12)15(21)18-6-3-7-19-16(17-2)20-10-13-5-9-23-11-13/h4-5,8-9,11H,3,6-7,10H2,1-2H3,(H,18,21)(H2,17,19,20). The number of amides is 1. The fourth-order valence-electron chi connectivity index (χ4n) is 1.98. The molecule has 0 fully saturated rings. The van der Waals surface area contributed by atoms with E-state index in [-0.39, 0.29) is 5.91 Å². The van der Waals surface area contributed by atoms with Crippen LogP contribution in [0.5, 0.6) is 0 Å². The van der Waals surface area contributed by atoms with Crippen LogP contribution in [0, 0.1) is 6.92 Å². The van der Waals surface area contributed by atoms with E-state index >= 15 is 0 Å². The molecule has 7 heteroatoms. The highest BCUT2D eigenvalue weighted by molar-refractivity contribution is 7.07. The van der Waals surface area contributed by atoms with Crippen LogP contribution < -0.4 is 16.0 Å². The quantitative estimate of drug-likeness (QED) is 0.412. The molecule has 2 aromatic heterocycles. The molecular weight excluding hydrogens is 312 g/mol. The average Bonchev–Trinajstić information content (AvgIpc) is 3.21. The van der Waals surface area contributed by atoms with Crippen molar-refractivity contribution in [3.05, 3.63) is 46.0 Å². The first kappa shape index (κ1) is 17.1. The van der Waals surface area contributed by atoms with Gasteiger partial charge >= 0.3 is 0 Å². The molecule has 6 nitrogen and oxygen atoms in total. The second-order valence-corrected chi connectivity index (χ2v) is 5.81. The van der Waals surface area contributed by atoms with Crippen molar-refractivity contribution in [3.8, 4) is 0 Å². The molecule has 0 bridgehead atoms.